The molecule has 2 amide bonds. The summed E-state index contributed by atoms with van der Waals surface area (Å²) in [4.78, 5) is 21.0. The van der Waals surface area contributed by atoms with Crippen molar-refractivity contribution in [1.82, 2.24) is 9.80 Å². The lowest BCUT2D eigenvalue weighted by molar-refractivity contribution is -0.160. The summed E-state index contributed by atoms with van der Waals surface area (Å²) < 4.78 is 11.8. The number of ether oxygens (including phenoxy) is 2. The van der Waals surface area contributed by atoms with Gasteiger partial charge in [-0.1, -0.05) is 78.9 Å². The number of para-hydroxylation sites is 1. The molecule has 0 N–H and O–H groups in total. The number of carbonyl (C=O) groups is 1. The first-order chi connectivity index (χ1) is 19.3. The molecule has 3 heterocycles. The molecule has 2 saturated heterocycles. The zero-order chi connectivity index (χ0) is 26.4. The third-order valence-electron chi connectivity index (χ3n) is 8.32. The fourth-order valence-electron chi connectivity index (χ4n) is 6.34. The third-order valence-corrected chi connectivity index (χ3v) is 8.32. The Morgan fingerprint density at radius 3 is 2.28 bits per heavy atom. The number of amides is 2. The molecule has 3 aromatic rings. The highest BCUT2D eigenvalue weighted by Crippen LogP contribution is 2.43. The lowest BCUT2D eigenvalue weighted by Gasteiger charge is -2.48. The van der Waals surface area contributed by atoms with Gasteiger partial charge < -0.3 is 14.4 Å². The van der Waals surface area contributed by atoms with Crippen molar-refractivity contribution in [3.8, 4) is 0 Å². The minimum Gasteiger partial charge on any atom is -0.353 e. The van der Waals surface area contributed by atoms with Crippen molar-refractivity contribution in [2.24, 2.45) is 0 Å². The van der Waals surface area contributed by atoms with E-state index in [1.807, 2.05) is 17.0 Å². The summed E-state index contributed by atoms with van der Waals surface area (Å²) in [5.74, 6) is 0. The molecule has 6 nitrogen and oxygen atoms in total. The summed E-state index contributed by atoms with van der Waals surface area (Å²) in [5.41, 5.74) is 4.68. The van der Waals surface area contributed by atoms with E-state index in [0.717, 1.165) is 69.6 Å². The van der Waals surface area contributed by atoms with Crippen LogP contribution in [0.25, 0.3) is 0 Å². The second-order valence-electron chi connectivity index (χ2n) is 10.9. The Morgan fingerprint density at radius 1 is 0.821 bits per heavy atom. The number of hydrogen-bond acceptors (Lipinski definition) is 4. The van der Waals surface area contributed by atoms with Gasteiger partial charge in [0, 0.05) is 37.8 Å². The van der Waals surface area contributed by atoms with Gasteiger partial charge in [-0.25, -0.2) is 4.79 Å². The summed E-state index contributed by atoms with van der Waals surface area (Å²) in [5, 5.41) is 0. The number of urea groups is 1. The molecule has 0 aromatic heterocycles. The summed E-state index contributed by atoms with van der Waals surface area (Å²) in [6, 6.07) is 29.7. The molecule has 3 aromatic carbocycles. The van der Waals surface area contributed by atoms with Crippen LogP contribution in [0.3, 0.4) is 0 Å². The average molecular weight is 526 g/mol. The molecule has 3 aliphatic heterocycles. The predicted octanol–water partition coefficient (Wildman–Crippen LogP) is 6.23. The highest BCUT2D eigenvalue weighted by molar-refractivity contribution is 5.96. The van der Waals surface area contributed by atoms with Crippen LogP contribution in [0.5, 0.6) is 0 Å². The molecule has 204 valence electrons. The van der Waals surface area contributed by atoms with Crippen LogP contribution < -0.4 is 4.90 Å². The standard InChI is InChI=1S/C33H39N3O3/c37-33-35(22-24-39-31-17-9-10-23-38-31)30-16-8-7-15-29(30)32(27-13-5-2-6-14-27)36(33)28-18-20-34(21-19-28)25-26-11-3-1-4-12-26/h1-8,11-16,28,31-32H,9-10,17-25H2. The van der Waals surface area contributed by atoms with Gasteiger partial charge in [0.15, 0.2) is 6.29 Å². The number of fused-ring (bicyclic) bond motifs is 1. The van der Waals surface area contributed by atoms with Crippen LogP contribution in [-0.4, -0.2) is 61.0 Å². The van der Waals surface area contributed by atoms with Crippen LogP contribution in [0.2, 0.25) is 0 Å². The van der Waals surface area contributed by atoms with Crippen molar-refractivity contribution < 1.29 is 14.3 Å². The van der Waals surface area contributed by atoms with Gasteiger partial charge in [0.25, 0.3) is 0 Å². The number of likely N-dealkylation sites (tertiary alicyclic amines) is 1. The lowest BCUT2D eigenvalue weighted by Crippen LogP contribution is -2.56. The van der Waals surface area contributed by atoms with Gasteiger partial charge in [0.1, 0.15) is 0 Å². The van der Waals surface area contributed by atoms with Gasteiger partial charge >= 0.3 is 6.03 Å². The average Bonchev–Trinajstić information content (AvgIpc) is 3.00. The molecule has 6 heteroatoms. The number of carbonyl (C=O) groups excluding carboxylic acids is 1. The SMILES string of the molecule is O=C1N(CCOC2CCCCO2)c2ccccc2C(c2ccccc2)N1C1CCN(Cc2ccccc2)CC1. The Kier molecular flexibility index (Phi) is 8.24. The molecule has 2 fully saturated rings. The zero-order valence-corrected chi connectivity index (χ0v) is 22.7. The van der Waals surface area contributed by atoms with E-state index >= 15 is 0 Å². The van der Waals surface area contributed by atoms with Gasteiger partial charge in [-0.05, 0) is 49.3 Å². The molecule has 39 heavy (non-hydrogen) atoms. The first-order valence-corrected chi connectivity index (χ1v) is 14.5. The molecule has 3 aliphatic rings. The maximum atomic E-state index is 14.4. The number of rotatable bonds is 8. The summed E-state index contributed by atoms with van der Waals surface area (Å²) in [6.45, 7) is 4.65. The molecule has 0 radical (unpaired) electrons. The van der Waals surface area contributed by atoms with E-state index in [1.54, 1.807) is 0 Å². The largest absolute Gasteiger partial charge is 0.353 e. The summed E-state index contributed by atoms with van der Waals surface area (Å²) in [7, 11) is 0. The molecule has 0 saturated carbocycles. The first kappa shape index (κ1) is 26.1. The molecular weight excluding hydrogens is 486 g/mol. The molecule has 0 aliphatic carbocycles. The van der Waals surface area contributed by atoms with Crippen molar-refractivity contribution in [3.63, 3.8) is 0 Å². The van der Waals surface area contributed by atoms with E-state index in [9.17, 15) is 4.79 Å². The fourth-order valence-corrected chi connectivity index (χ4v) is 6.34. The van der Waals surface area contributed by atoms with Crippen molar-refractivity contribution in [2.45, 2.75) is 57.0 Å². The molecule has 2 unspecified atom stereocenters. The highest BCUT2D eigenvalue weighted by atomic mass is 16.7. The molecule has 6 rings (SSSR count). The van der Waals surface area contributed by atoms with Crippen LogP contribution in [0.15, 0.2) is 84.9 Å². The van der Waals surface area contributed by atoms with Gasteiger partial charge in [-0.3, -0.25) is 9.80 Å². The third kappa shape index (κ3) is 5.88. The Hall–Kier alpha value is -3.19. The van der Waals surface area contributed by atoms with Gasteiger partial charge in [0.05, 0.1) is 24.9 Å². The smallest absolute Gasteiger partial charge is 0.325 e. The normalized spacial score (nSPS) is 22.6. The Morgan fingerprint density at radius 2 is 1.54 bits per heavy atom. The van der Waals surface area contributed by atoms with Crippen molar-refractivity contribution >= 4 is 11.7 Å². The topological polar surface area (TPSA) is 45.3 Å². The molecular formula is C33H39N3O3. The number of nitrogens with zero attached hydrogens (tertiary/aromatic N) is 3. The molecule has 0 bridgehead atoms. The first-order valence-electron chi connectivity index (χ1n) is 14.5. The van der Waals surface area contributed by atoms with Gasteiger partial charge in [-0.2, -0.15) is 0 Å². The molecule has 0 spiro atoms. The van der Waals surface area contributed by atoms with Crippen molar-refractivity contribution in [3.05, 3.63) is 102 Å². The lowest BCUT2D eigenvalue weighted by atomic mass is 9.90. The maximum Gasteiger partial charge on any atom is 0.325 e. The maximum absolute atomic E-state index is 14.4. The van der Waals surface area contributed by atoms with Crippen LogP contribution in [0.1, 0.15) is 54.8 Å². The van der Waals surface area contributed by atoms with E-state index in [1.165, 1.54) is 11.1 Å². The molecule has 2 atom stereocenters. The second-order valence-corrected chi connectivity index (χ2v) is 10.9. The Bertz CT molecular complexity index is 1210. The van der Waals surface area contributed by atoms with Crippen LogP contribution in [-0.2, 0) is 16.0 Å². The van der Waals surface area contributed by atoms with Crippen LogP contribution in [0, 0.1) is 0 Å². The van der Waals surface area contributed by atoms with Gasteiger partial charge in [-0.15, -0.1) is 0 Å². The van der Waals surface area contributed by atoms with Crippen molar-refractivity contribution in [2.75, 3.05) is 37.7 Å². The number of hydrogen-bond donors (Lipinski definition) is 0. The minimum absolute atomic E-state index is 0.0808. The monoisotopic (exact) mass is 525 g/mol. The minimum atomic E-state index is -0.156. The van der Waals surface area contributed by atoms with Crippen LogP contribution >= 0.6 is 0 Å². The van der Waals surface area contributed by atoms with Gasteiger partial charge in [0.2, 0.25) is 0 Å². The zero-order valence-electron chi connectivity index (χ0n) is 22.7. The number of anilines is 1. The summed E-state index contributed by atoms with van der Waals surface area (Å²) in [6.07, 6.45) is 4.92. The van der Waals surface area contributed by atoms with E-state index < -0.39 is 0 Å². The number of benzene rings is 3. The Labute approximate surface area is 232 Å². The van der Waals surface area contributed by atoms with E-state index in [-0.39, 0.29) is 24.4 Å². The quantitative estimate of drug-likeness (QED) is 0.350. The van der Waals surface area contributed by atoms with Crippen molar-refractivity contribution in [1.29, 1.82) is 0 Å². The van der Waals surface area contributed by atoms with E-state index in [4.69, 9.17) is 9.47 Å². The van der Waals surface area contributed by atoms with Crippen LogP contribution in [0.4, 0.5) is 10.5 Å². The van der Waals surface area contributed by atoms with E-state index in [2.05, 4.69) is 82.6 Å². The van der Waals surface area contributed by atoms with E-state index in [0.29, 0.717) is 13.2 Å². The fraction of sp³-hybridized carbons (Fsp3) is 0.424. The predicted molar refractivity (Wildman–Crippen MR) is 154 cm³/mol. The summed E-state index contributed by atoms with van der Waals surface area (Å²) >= 11 is 0. The number of piperidine rings is 1. The second kappa shape index (κ2) is 12.3. The Balaban J connectivity index is 1.24. The highest BCUT2D eigenvalue weighted by Gasteiger charge is 2.42.